The second-order valence-corrected chi connectivity index (χ2v) is 18.9. The van der Waals surface area contributed by atoms with Crippen molar-refractivity contribution in [3.8, 4) is 50.2 Å². The van der Waals surface area contributed by atoms with Gasteiger partial charge in [-0.25, -0.2) is 0 Å². The number of para-hydroxylation sites is 1. The highest BCUT2D eigenvalue weighted by Crippen LogP contribution is 2.50. The van der Waals surface area contributed by atoms with E-state index in [2.05, 4.69) is 260 Å². The molecule has 2 heteroatoms. The van der Waals surface area contributed by atoms with Gasteiger partial charge in [-0.2, -0.15) is 0 Å². The van der Waals surface area contributed by atoms with E-state index in [1.165, 1.54) is 99.1 Å². The molecule has 2 aliphatic rings. The van der Waals surface area contributed by atoms with E-state index in [9.17, 15) is 0 Å². The number of anilines is 2. The zero-order valence-corrected chi connectivity index (χ0v) is 38.2. The summed E-state index contributed by atoms with van der Waals surface area (Å²) in [5.41, 5.74) is 20.6. The maximum absolute atomic E-state index is 4.63. The first-order chi connectivity index (χ1) is 33.4. The molecule has 2 heterocycles. The molecule has 1 aliphatic carbocycles. The molecule has 10 aromatic carbocycles. The first kappa shape index (κ1) is 39.9. The minimum atomic E-state index is -0.0773. The Bertz CT molecular complexity index is 3860. The summed E-state index contributed by atoms with van der Waals surface area (Å²) < 4.78 is 2.45. The van der Waals surface area contributed by atoms with Crippen LogP contribution in [0.2, 0.25) is 0 Å². The number of hydrogen-bond donors (Lipinski definition) is 0. The third-order valence-electron chi connectivity index (χ3n) is 14.8. The van der Waals surface area contributed by atoms with Crippen LogP contribution in [0.1, 0.15) is 30.5 Å². The summed E-state index contributed by atoms with van der Waals surface area (Å²) in [7, 11) is 0. The Morgan fingerprint density at radius 1 is 0.412 bits per heavy atom. The molecule has 11 aromatic rings. The van der Waals surface area contributed by atoms with Gasteiger partial charge in [-0.3, -0.25) is 0 Å². The molecule has 0 atom stereocenters. The van der Waals surface area contributed by atoms with Gasteiger partial charge < -0.3 is 9.47 Å². The van der Waals surface area contributed by atoms with Gasteiger partial charge in [0.1, 0.15) is 0 Å². The van der Waals surface area contributed by atoms with Gasteiger partial charge in [0.25, 0.3) is 0 Å². The van der Waals surface area contributed by atoms with Crippen LogP contribution in [-0.2, 0) is 5.41 Å². The summed E-state index contributed by atoms with van der Waals surface area (Å²) in [6, 6.07) is 76.4. The van der Waals surface area contributed by atoms with Crippen LogP contribution in [0.3, 0.4) is 0 Å². The minimum Gasteiger partial charge on any atom is -0.337 e. The number of nitrogens with zero attached hydrogens (tertiary/aromatic N) is 2. The Labute approximate surface area is 397 Å². The van der Waals surface area contributed by atoms with E-state index in [4.69, 9.17) is 0 Å². The number of hydrogen-bond acceptors (Lipinski definition) is 1. The largest absolute Gasteiger partial charge is 0.337 e. The summed E-state index contributed by atoms with van der Waals surface area (Å²) in [5, 5.41) is 7.52. The molecule has 0 fully saturated rings. The SMILES string of the molecule is C=C1/C=C\C=C/CN(c2ccc(-c3c4ccccc4c(-c4ccccc4)c4ccccc34)cc2)c2ccc(-c3ccc4c(c3)c3ccccc3n4-c3ccc4c(c3)C(C)(C)c3ccccc3-4)cc21. The molecule has 13 rings (SSSR count). The van der Waals surface area contributed by atoms with E-state index in [-0.39, 0.29) is 5.41 Å². The number of aromatic nitrogens is 1. The second-order valence-electron chi connectivity index (χ2n) is 18.9. The molecule has 0 amide bonds. The molecule has 68 heavy (non-hydrogen) atoms. The Kier molecular flexibility index (Phi) is 9.13. The molecule has 2 nitrogen and oxygen atoms in total. The fraction of sp³-hybridized carbons (Fsp3) is 0.0606. The Morgan fingerprint density at radius 2 is 0.971 bits per heavy atom. The van der Waals surface area contributed by atoms with Crippen molar-refractivity contribution < 1.29 is 0 Å². The van der Waals surface area contributed by atoms with Crippen LogP contribution >= 0.6 is 0 Å². The summed E-state index contributed by atoms with van der Waals surface area (Å²) in [6.07, 6.45) is 8.61. The van der Waals surface area contributed by atoms with Gasteiger partial charge in [0.2, 0.25) is 0 Å². The lowest BCUT2D eigenvalue weighted by atomic mass is 9.82. The third kappa shape index (κ3) is 6.18. The highest BCUT2D eigenvalue weighted by molar-refractivity contribution is 6.21. The van der Waals surface area contributed by atoms with Crippen LogP contribution in [-0.4, -0.2) is 11.1 Å². The third-order valence-corrected chi connectivity index (χ3v) is 14.8. The van der Waals surface area contributed by atoms with Gasteiger partial charge in [0.05, 0.1) is 11.0 Å². The molecular weight excluding hydrogens is 821 g/mol. The summed E-state index contributed by atoms with van der Waals surface area (Å²) in [4.78, 5) is 2.42. The van der Waals surface area contributed by atoms with Crippen LogP contribution in [0.5, 0.6) is 0 Å². The van der Waals surface area contributed by atoms with Crippen molar-refractivity contribution >= 4 is 60.3 Å². The lowest BCUT2D eigenvalue weighted by Gasteiger charge is -2.27. The quantitative estimate of drug-likeness (QED) is 0.156. The molecule has 322 valence electrons. The minimum absolute atomic E-state index is 0.0773. The van der Waals surface area contributed by atoms with Crippen LogP contribution in [0.25, 0.3) is 99.1 Å². The Balaban J connectivity index is 0.890. The Hall–Kier alpha value is -8.46. The van der Waals surface area contributed by atoms with Gasteiger partial charge in [-0.15, -0.1) is 0 Å². The fourth-order valence-electron chi connectivity index (χ4n) is 11.5. The number of benzene rings is 10. The maximum Gasteiger partial charge on any atom is 0.0541 e. The maximum atomic E-state index is 4.63. The first-order valence-corrected chi connectivity index (χ1v) is 23.7. The Morgan fingerprint density at radius 3 is 1.71 bits per heavy atom. The number of fused-ring (bicyclic) bond motifs is 9. The zero-order valence-electron chi connectivity index (χ0n) is 38.2. The van der Waals surface area contributed by atoms with Crippen molar-refractivity contribution in [1.29, 1.82) is 0 Å². The summed E-state index contributed by atoms with van der Waals surface area (Å²) in [5.74, 6) is 0. The first-order valence-electron chi connectivity index (χ1n) is 23.7. The highest BCUT2D eigenvalue weighted by atomic mass is 15.1. The monoisotopic (exact) mass is 868 g/mol. The van der Waals surface area contributed by atoms with Crippen LogP contribution in [0, 0.1) is 0 Å². The lowest BCUT2D eigenvalue weighted by Crippen LogP contribution is -2.18. The predicted molar refractivity (Wildman–Crippen MR) is 290 cm³/mol. The molecule has 0 N–H and O–H groups in total. The number of rotatable bonds is 5. The normalized spacial score (nSPS) is 14.9. The van der Waals surface area contributed by atoms with Gasteiger partial charge in [-0.05, 0) is 137 Å². The number of allylic oxidation sites excluding steroid dienone is 4. The van der Waals surface area contributed by atoms with E-state index in [1.807, 2.05) is 0 Å². The fourth-order valence-corrected chi connectivity index (χ4v) is 11.5. The molecule has 0 saturated heterocycles. The summed E-state index contributed by atoms with van der Waals surface area (Å²) in [6.45, 7) is 10.1. The second kappa shape index (κ2) is 15.6. The summed E-state index contributed by atoms with van der Waals surface area (Å²) >= 11 is 0. The topological polar surface area (TPSA) is 8.17 Å². The molecule has 0 unspecified atom stereocenters. The molecule has 0 bridgehead atoms. The van der Waals surface area contributed by atoms with Gasteiger partial charge >= 0.3 is 0 Å². The van der Waals surface area contributed by atoms with E-state index >= 15 is 0 Å². The molecule has 0 spiro atoms. The molecule has 1 aromatic heterocycles. The van der Waals surface area contributed by atoms with E-state index in [0.717, 1.165) is 34.6 Å². The predicted octanol–water partition coefficient (Wildman–Crippen LogP) is 17.7. The highest BCUT2D eigenvalue weighted by Gasteiger charge is 2.35. The van der Waals surface area contributed by atoms with Crippen LogP contribution < -0.4 is 4.90 Å². The lowest BCUT2D eigenvalue weighted by molar-refractivity contribution is 0.660. The average molecular weight is 869 g/mol. The molecule has 1 aliphatic heterocycles. The van der Waals surface area contributed by atoms with E-state index in [0.29, 0.717) is 0 Å². The van der Waals surface area contributed by atoms with E-state index in [1.54, 1.807) is 0 Å². The van der Waals surface area contributed by atoms with Crippen molar-refractivity contribution in [2.75, 3.05) is 11.4 Å². The van der Waals surface area contributed by atoms with Crippen molar-refractivity contribution in [1.82, 2.24) is 4.57 Å². The van der Waals surface area contributed by atoms with Crippen molar-refractivity contribution in [2.45, 2.75) is 19.3 Å². The van der Waals surface area contributed by atoms with Crippen molar-refractivity contribution in [2.24, 2.45) is 0 Å². The molecular formula is C66H48N2. The van der Waals surface area contributed by atoms with Gasteiger partial charge in [0, 0.05) is 45.4 Å². The molecule has 0 saturated carbocycles. The van der Waals surface area contributed by atoms with Crippen LogP contribution in [0.4, 0.5) is 11.4 Å². The molecule has 0 radical (unpaired) electrons. The zero-order chi connectivity index (χ0) is 45.5. The van der Waals surface area contributed by atoms with Crippen molar-refractivity contribution in [3.05, 3.63) is 254 Å². The standard InChI is InChI=1S/C66H48N2/c1-43-18-6-5-17-39-67(48-33-29-45(30-34-48)65-55-25-11-9-23-53(55)64(44-19-7-4-8-20-44)54-24-10-12-26-56(54)65)61-37-31-46(40-57(43)61)47-32-38-63-58(41-47)52-22-14-16-28-62(52)68(63)49-35-36-51-50-21-13-15-27-59(50)66(2,3)60(51)42-49/h4-38,40-42H,1,39H2,2-3H3/b17-5-,18-6-. The van der Waals surface area contributed by atoms with Gasteiger partial charge in [0.15, 0.2) is 0 Å². The smallest absolute Gasteiger partial charge is 0.0541 e. The average Bonchev–Trinajstić information content (AvgIpc) is 3.86. The van der Waals surface area contributed by atoms with Gasteiger partial charge in [-0.1, -0.05) is 196 Å². The van der Waals surface area contributed by atoms with E-state index < -0.39 is 0 Å². The van der Waals surface area contributed by atoms with Crippen molar-refractivity contribution in [3.63, 3.8) is 0 Å². The van der Waals surface area contributed by atoms with Crippen LogP contribution in [0.15, 0.2) is 237 Å².